The molecule has 0 bridgehead atoms. The van der Waals surface area contributed by atoms with Crippen molar-refractivity contribution in [1.82, 2.24) is 10.5 Å². The lowest BCUT2D eigenvalue weighted by Crippen LogP contribution is -2.28. The maximum absolute atomic E-state index is 12.3. The molecule has 0 aliphatic carbocycles. The molecule has 1 unspecified atom stereocenters. The van der Waals surface area contributed by atoms with E-state index >= 15 is 0 Å². The lowest BCUT2D eigenvalue weighted by Gasteiger charge is -2.21. The van der Waals surface area contributed by atoms with E-state index in [4.69, 9.17) is 13.8 Å². The first kappa shape index (κ1) is 28.5. The zero-order chi connectivity index (χ0) is 28.2. The third-order valence-corrected chi connectivity index (χ3v) is 7.21. The zero-order valence-corrected chi connectivity index (χ0v) is 24.1. The number of benzene rings is 3. The molecule has 0 aliphatic rings. The third kappa shape index (κ3) is 7.78. The van der Waals surface area contributed by atoms with Gasteiger partial charge >= 0.3 is 0 Å². The van der Waals surface area contributed by atoms with Crippen LogP contribution in [0.1, 0.15) is 54.1 Å². The van der Waals surface area contributed by atoms with Gasteiger partial charge in [-0.1, -0.05) is 78.3 Å². The van der Waals surface area contributed by atoms with Crippen LogP contribution in [0.25, 0.3) is 11.3 Å². The largest absolute Gasteiger partial charge is 0.479 e. The number of amides is 1. The van der Waals surface area contributed by atoms with E-state index < -0.39 is 27.9 Å². The Labute approximate surface area is 236 Å². The van der Waals surface area contributed by atoms with Gasteiger partial charge in [0.05, 0.1) is 5.75 Å². The van der Waals surface area contributed by atoms with Crippen molar-refractivity contribution in [1.29, 1.82) is 0 Å². The van der Waals surface area contributed by atoms with Crippen LogP contribution in [0.2, 0.25) is 0 Å². The number of rotatable bonds is 9. The van der Waals surface area contributed by atoms with Crippen molar-refractivity contribution in [2.75, 3.05) is 12.3 Å². The van der Waals surface area contributed by atoms with Gasteiger partial charge in [-0.25, -0.2) is 0 Å². The molecule has 1 amide bonds. The van der Waals surface area contributed by atoms with Crippen molar-refractivity contribution < 1.29 is 27.0 Å². The molecule has 2 N–H and O–H groups in total. The summed E-state index contributed by atoms with van der Waals surface area (Å²) in [5.41, 5.74) is 3.83. The second-order valence-corrected chi connectivity index (χ2v) is 12.6. The van der Waals surface area contributed by atoms with Crippen LogP contribution < -0.4 is 10.1 Å². The fourth-order valence-electron chi connectivity index (χ4n) is 3.86. The van der Waals surface area contributed by atoms with Crippen LogP contribution in [0.3, 0.4) is 0 Å². The molecule has 204 valence electrons. The van der Waals surface area contributed by atoms with E-state index in [9.17, 15) is 13.2 Å². The van der Waals surface area contributed by atoms with Gasteiger partial charge in [0.15, 0.2) is 11.9 Å². The Morgan fingerprint density at radius 3 is 2.36 bits per heavy atom. The molecule has 10 heteroatoms. The predicted octanol–water partition coefficient (Wildman–Crippen LogP) is 6.19. The monoisotopic (exact) mass is 612 g/mol. The second kappa shape index (κ2) is 11.7. The van der Waals surface area contributed by atoms with Crippen molar-refractivity contribution in [2.24, 2.45) is 0 Å². The van der Waals surface area contributed by atoms with Crippen molar-refractivity contribution in [3.8, 4) is 17.1 Å². The van der Waals surface area contributed by atoms with E-state index in [0.717, 1.165) is 15.6 Å². The molecule has 0 radical (unpaired) electrons. The average molecular weight is 614 g/mol. The van der Waals surface area contributed by atoms with Crippen molar-refractivity contribution >= 4 is 32.0 Å². The number of carbonyl (C=O) groups is 1. The highest BCUT2D eigenvalue weighted by Gasteiger charge is 2.23. The number of aromatic nitrogens is 1. The van der Waals surface area contributed by atoms with Crippen molar-refractivity contribution in [2.45, 2.75) is 32.3 Å². The topological polar surface area (TPSA) is 119 Å². The number of hydrogen-bond acceptors (Lipinski definition) is 6. The fraction of sp³-hybridized carbons (Fsp3) is 0.241. The van der Waals surface area contributed by atoms with Gasteiger partial charge in [-0.05, 0) is 52.9 Å². The van der Waals surface area contributed by atoms with E-state index in [1.54, 1.807) is 24.3 Å². The van der Waals surface area contributed by atoms with Crippen LogP contribution in [0, 0.1) is 0 Å². The highest BCUT2D eigenvalue weighted by Crippen LogP contribution is 2.33. The molecule has 0 spiro atoms. The normalized spacial score (nSPS) is 12.6. The Hall–Kier alpha value is -3.47. The van der Waals surface area contributed by atoms with Crippen LogP contribution in [-0.4, -0.2) is 36.3 Å². The Bertz CT molecular complexity index is 1540. The van der Waals surface area contributed by atoms with Crippen LogP contribution in [0.4, 0.5) is 0 Å². The number of nitrogens with one attached hydrogen (secondary N) is 1. The van der Waals surface area contributed by atoms with Crippen LogP contribution in [0.5, 0.6) is 5.75 Å². The van der Waals surface area contributed by atoms with Gasteiger partial charge in [-0.15, -0.1) is 0 Å². The Balaban J connectivity index is 1.59. The maximum atomic E-state index is 12.3. The summed E-state index contributed by atoms with van der Waals surface area (Å²) in [6, 6.07) is 24.2. The molecule has 1 atom stereocenters. The van der Waals surface area contributed by atoms with Crippen LogP contribution >= 0.6 is 15.9 Å². The fourth-order valence-corrected chi connectivity index (χ4v) is 4.62. The predicted molar refractivity (Wildman–Crippen MR) is 152 cm³/mol. The number of nitrogens with zero attached hydrogens (tertiary/aromatic N) is 1. The number of halogens is 1. The maximum Gasteiger partial charge on any atom is 0.266 e. The molecular weight excluding hydrogens is 584 g/mol. The molecule has 0 fully saturated rings. The molecule has 4 rings (SSSR count). The third-order valence-electron chi connectivity index (χ3n) is 6.00. The van der Waals surface area contributed by atoms with Gasteiger partial charge in [-0.3, -0.25) is 9.35 Å². The quantitative estimate of drug-likeness (QED) is 0.216. The average Bonchev–Trinajstić information content (AvgIpc) is 3.36. The highest BCUT2D eigenvalue weighted by atomic mass is 79.9. The molecule has 0 saturated carbocycles. The Morgan fingerprint density at radius 2 is 1.74 bits per heavy atom. The SMILES string of the molecule is CC(C)(C)c1ccc(C(Oc2ccc(C(=O)NCCS(=O)(=O)O)cc2)c2cc(-c3cccc(Br)c3)on2)cc1. The van der Waals surface area contributed by atoms with Crippen molar-refractivity contribution in [3.05, 3.63) is 106 Å². The summed E-state index contributed by atoms with van der Waals surface area (Å²) in [6.07, 6.45) is -0.585. The Morgan fingerprint density at radius 1 is 1.05 bits per heavy atom. The van der Waals surface area contributed by atoms with Crippen LogP contribution in [0.15, 0.2) is 87.9 Å². The second-order valence-electron chi connectivity index (χ2n) is 10.1. The summed E-state index contributed by atoms with van der Waals surface area (Å²) < 4.78 is 43.5. The minimum absolute atomic E-state index is 0.00555. The molecule has 1 heterocycles. The van der Waals surface area contributed by atoms with Gasteiger partial charge in [0.1, 0.15) is 11.4 Å². The van der Waals surface area contributed by atoms with Crippen molar-refractivity contribution in [3.63, 3.8) is 0 Å². The summed E-state index contributed by atoms with van der Waals surface area (Å²) in [5, 5.41) is 6.78. The molecule has 8 nitrogen and oxygen atoms in total. The smallest absolute Gasteiger partial charge is 0.266 e. The van der Waals surface area contributed by atoms with Gasteiger partial charge < -0.3 is 14.6 Å². The van der Waals surface area contributed by atoms with Gasteiger partial charge in [0, 0.05) is 28.2 Å². The van der Waals surface area contributed by atoms with Crippen LogP contribution in [-0.2, 0) is 15.5 Å². The standard InChI is InChI=1S/C29H29BrN2O6S/c1-29(2,3)22-11-7-19(8-12-22)27(25-18-26(38-32-25)21-5-4-6-23(30)17-21)37-24-13-9-20(10-14-24)28(33)31-15-16-39(34,35)36/h4-14,17-18,27H,15-16H2,1-3H3,(H,31,33)(H,34,35,36). The summed E-state index contributed by atoms with van der Waals surface area (Å²) in [7, 11) is -4.15. The van der Waals surface area contributed by atoms with E-state index in [-0.39, 0.29) is 12.0 Å². The molecule has 39 heavy (non-hydrogen) atoms. The molecule has 3 aromatic carbocycles. The lowest BCUT2D eigenvalue weighted by atomic mass is 9.86. The minimum Gasteiger partial charge on any atom is -0.479 e. The molecular formula is C29H29BrN2O6S. The van der Waals surface area contributed by atoms with E-state index in [0.29, 0.717) is 22.8 Å². The first-order valence-corrected chi connectivity index (χ1v) is 14.6. The zero-order valence-electron chi connectivity index (χ0n) is 21.7. The van der Waals surface area contributed by atoms with E-state index in [1.165, 1.54) is 5.56 Å². The van der Waals surface area contributed by atoms with Gasteiger partial charge in [-0.2, -0.15) is 8.42 Å². The number of ether oxygens (including phenoxy) is 1. The Kier molecular flexibility index (Phi) is 8.58. The number of hydrogen-bond donors (Lipinski definition) is 2. The summed E-state index contributed by atoms with van der Waals surface area (Å²) >= 11 is 3.48. The highest BCUT2D eigenvalue weighted by molar-refractivity contribution is 9.10. The van der Waals surface area contributed by atoms with E-state index in [2.05, 4.69) is 59.3 Å². The first-order chi connectivity index (χ1) is 18.4. The molecule has 1 aromatic heterocycles. The number of carbonyl (C=O) groups excluding carboxylic acids is 1. The van der Waals surface area contributed by atoms with Gasteiger partial charge in [0.2, 0.25) is 0 Å². The first-order valence-electron chi connectivity index (χ1n) is 12.2. The summed E-state index contributed by atoms with van der Waals surface area (Å²) in [6.45, 7) is 6.25. The molecule has 0 saturated heterocycles. The molecule has 0 aliphatic heterocycles. The van der Waals surface area contributed by atoms with Gasteiger partial charge in [0.25, 0.3) is 16.0 Å². The minimum atomic E-state index is -4.15. The summed E-state index contributed by atoms with van der Waals surface area (Å²) in [5.74, 6) is 0.0779. The van der Waals surface area contributed by atoms with E-state index in [1.807, 2.05) is 42.5 Å². The lowest BCUT2D eigenvalue weighted by molar-refractivity contribution is 0.0956. The summed E-state index contributed by atoms with van der Waals surface area (Å²) in [4.78, 5) is 12.3. The molecule has 4 aromatic rings.